The summed E-state index contributed by atoms with van der Waals surface area (Å²) in [6, 6.07) is 14.2. The van der Waals surface area contributed by atoms with Crippen molar-refractivity contribution in [2.75, 3.05) is 19.7 Å². The molecule has 21 heavy (non-hydrogen) atoms. The van der Waals surface area contributed by atoms with Gasteiger partial charge in [-0.3, -0.25) is 0 Å². The van der Waals surface area contributed by atoms with Crippen molar-refractivity contribution in [1.82, 2.24) is 5.32 Å². The van der Waals surface area contributed by atoms with Gasteiger partial charge >= 0.3 is 0 Å². The van der Waals surface area contributed by atoms with Crippen molar-refractivity contribution in [3.05, 3.63) is 56.7 Å². The number of aliphatic hydroxyl groups excluding tert-OH is 1. The van der Waals surface area contributed by atoms with Crippen molar-refractivity contribution >= 4 is 27.3 Å². The molecule has 0 bridgehead atoms. The Kier molecular flexibility index (Phi) is 7.39. The Labute approximate surface area is 138 Å². The Morgan fingerprint density at radius 2 is 2.00 bits per heavy atom. The summed E-state index contributed by atoms with van der Waals surface area (Å²) in [6.45, 7) is 2.32. The molecule has 0 aliphatic heterocycles. The molecule has 1 aromatic carbocycles. The second-order valence-corrected chi connectivity index (χ2v) is 7.36. The number of rotatable bonds is 9. The van der Waals surface area contributed by atoms with Gasteiger partial charge in [-0.1, -0.05) is 30.3 Å². The van der Waals surface area contributed by atoms with Crippen molar-refractivity contribution in [1.29, 1.82) is 0 Å². The van der Waals surface area contributed by atoms with Gasteiger partial charge in [-0.25, -0.2) is 0 Å². The monoisotopic (exact) mass is 369 g/mol. The fourth-order valence-electron chi connectivity index (χ4n) is 1.91. The molecule has 114 valence electrons. The number of nitrogens with one attached hydrogen (secondary N) is 1. The highest BCUT2D eigenvalue weighted by Gasteiger charge is 2.04. The third kappa shape index (κ3) is 6.72. The maximum atomic E-state index is 9.84. The summed E-state index contributed by atoms with van der Waals surface area (Å²) in [4.78, 5) is 1.34. The second kappa shape index (κ2) is 9.33. The van der Waals surface area contributed by atoms with Gasteiger partial charge in [0.05, 0.1) is 23.1 Å². The van der Waals surface area contributed by atoms with Crippen molar-refractivity contribution < 1.29 is 9.84 Å². The van der Waals surface area contributed by atoms with Crippen molar-refractivity contribution in [2.45, 2.75) is 19.1 Å². The summed E-state index contributed by atoms with van der Waals surface area (Å²) < 4.78 is 6.67. The van der Waals surface area contributed by atoms with Gasteiger partial charge in [0.1, 0.15) is 0 Å². The van der Waals surface area contributed by atoms with E-state index in [9.17, 15) is 5.11 Å². The minimum atomic E-state index is -0.469. The number of hydrogen-bond acceptors (Lipinski definition) is 4. The number of ether oxygens (including phenoxy) is 1. The van der Waals surface area contributed by atoms with E-state index < -0.39 is 6.10 Å². The molecule has 2 N–H and O–H groups in total. The Morgan fingerprint density at radius 3 is 2.71 bits per heavy atom. The van der Waals surface area contributed by atoms with Crippen molar-refractivity contribution in [3.63, 3.8) is 0 Å². The second-order valence-electron chi connectivity index (χ2n) is 4.81. The lowest BCUT2D eigenvalue weighted by Crippen LogP contribution is -2.31. The van der Waals surface area contributed by atoms with Crippen LogP contribution in [0, 0.1) is 0 Å². The maximum absolute atomic E-state index is 9.84. The van der Waals surface area contributed by atoms with Gasteiger partial charge in [-0.05, 0) is 40.0 Å². The van der Waals surface area contributed by atoms with Crippen molar-refractivity contribution in [2.24, 2.45) is 0 Å². The fourth-order valence-corrected chi connectivity index (χ4v) is 3.40. The van der Waals surface area contributed by atoms with Crippen LogP contribution in [-0.2, 0) is 17.8 Å². The van der Waals surface area contributed by atoms with E-state index in [0.29, 0.717) is 19.8 Å². The molecule has 0 aliphatic carbocycles. The van der Waals surface area contributed by atoms with E-state index >= 15 is 0 Å². The summed E-state index contributed by atoms with van der Waals surface area (Å²) in [5, 5.41) is 13.1. The van der Waals surface area contributed by atoms with Gasteiger partial charge in [0.15, 0.2) is 0 Å². The molecule has 2 rings (SSSR count). The minimum Gasteiger partial charge on any atom is -0.389 e. The summed E-state index contributed by atoms with van der Waals surface area (Å²) in [5.74, 6) is 0. The molecule has 0 saturated heterocycles. The van der Waals surface area contributed by atoms with Crippen LogP contribution in [0.2, 0.25) is 0 Å². The largest absolute Gasteiger partial charge is 0.389 e. The molecule has 0 aliphatic rings. The molecule has 3 nitrogen and oxygen atoms in total. The van der Waals surface area contributed by atoms with Crippen LogP contribution in [0.25, 0.3) is 0 Å². The lowest BCUT2D eigenvalue weighted by atomic mass is 10.2. The van der Waals surface area contributed by atoms with Crippen LogP contribution in [0.15, 0.2) is 46.3 Å². The molecule has 0 spiro atoms. The molecule has 0 saturated carbocycles. The smallest absolute Gasteiger partial charge is 0.0897 e. The van der Waals surface area contributed by atoms with Crippen LogP contribution in [-0.4, -0.2) is 30.9 Å². The third-order valence-electron chi connectivity index (χ3n) is 2.98. The van der Waals surface area contributed by atoms with Crippen LogP contribution < -0.4 is 5.32 Å². The van der Waals surface area contributed by atoms with Gasteiger partial charge in [0.2, 0.25) is 0 Å². The van der Waals surface area contributed by atoms with Crippen molar-refractivity contribution in [3.8, 4) is 0 Å². The standard InChI is InChI=1S/C16H20BrNO2S/c17-16-7-6-15(21-16)8-9-18-10-14(19)12-20-11-13-4-2-1-3-5-13/h1-7,14,18-19H,8-12H2. The molecular weight excluding hydrogens is 350 g/mol. The summed E-state index contributed by atoms with van der Waals surface area (Å²) in [6.07, 6.45) is 0.511. The van der Waals surface area contributed by atoms with Crippen LogP contribution in [0.3, 0.4) is 0 Å². The van der Waals surface area contributed by atoms with Gasteiger partial charge in [-0.2, -0.15) is 0 Å². The molecule has 1 unspecified atom stereocenters. The first-order chi connectivity index (χ1) is 10.2. The first-order valence-corrected chi connectivity index (χ1v) is 8.59. The SMILES string of the molecule is OC(CNCCc1ccc(Br)s1)COCc1ccccc1. The summed E-state index contributed by atoms with van der Waals surface area (Å²) in [5.41, 5.74) is 1.13. The first kappa shape index (κ1) is 16.6. The quantitative estimate of drug-likeness (QED) is 0.666. The molecule has 1 heterocycles. The van der Waals surface area contributed by atoms with Gasteiger partial charge < -0.3 is 15.2 Å². The fraction of sp³-hybridized carbons (Fsp3) is 0.375. The highest BCUT2D eigenvalue weighted by atomic mass is 79.9. The molecule has 0 radical (unpaired) electrons. The summed E-state index contributed by atoms with van der Waals surface area (Å²) >= 11 is 5.20. The number of halogens is 1. The predicted octanol–water partition coefficient (Wildman–Crippen LogP) is 3.22. The van der Waals surface area contributed by atoms with E-state index in [2.05, 4.69) is 33.4 Å². The lowest BCUT2D eigenvalue weighted by molar-refractivity contribution is 0.0290. The van der Waals surface area contributed by atoms with Crippen LogP contribution in [0.1, 0.15) is 10.4 Å². The number of aliphatic hydroxyl groups is 1. The van der Waals surface area contributed by atoms with Crippen LogP contribution in [0.4, 0.5) is 0 Å². The average Bonchev–Trinajstić information content (AvgIpc) is 2.90. The minimum absolute atomic E-state index is 0.354. The van der Waals surface area contributed by atoms with Crippen LogP contribution in [0.5, 0.6) is 0 Å². The Morgan fingerprint density at radius 1 is 1.19 bits per heavy atom. The molecular formula is C16H20BrNO2S. The molecule has 0 fully saturated rings. The molecule has 5 heteroatoms. The predicted molar refractivity (Wildman–Crippen MR) is 90.7 cm³/mol. The highest BCUT2D eigenvalue weighted by molar-refractivity contribution is 9.11. The van der Waals surface area contributed by atoms with Gasteiger partial charge in [0.25, 0.3) is 0 Å². The number of hydrogen-bond donors (Lipinski definition) is 2. The molecule has 1 atom stereocenters. The molecule has 1 aromatic heterocycles. The topological polar surface area (TPSA) is 41.5 Å². The zero-order chi connectivity index (χ0) is 14.9. The maximum Gasteiger partial charge on any atom is 0.0897 e. The third-order valence-corrected chi connectivity index (χ3v) is 4.66. The average molecular weight is 370 g/mol. The number of thiophene rings is 1. The summed E-state index contributed by atoms with van der Waals surface area (Å²) in [7, 11) is 0. The van der Waals surface area contributed by atoms with Gasteiger partial charge in [-0.15, -0.1) is 11.3 Å². The molecule has 0 amide bonds. The van der Waals surface area contributed by atoms with E-state index in [-0.39, 0.29) is 0 Å². The first-order valence-electron chi connectivity index (χ1n) is 6.98. The normalized spacial score (nSPS) is 12.5. The van der Waals surface area contributed by atoms with E-state index in [1.165, 1.54) is 4.88 Å². The zero-order valence-corrected chi connectivity index (χ0v) is 14.2. The molecule has 2 aromatic rings. The Balaban J connectivity index is 1.52. The highest BCUT2D eigenvalue weighted by Crippen LogP contribution is 2.21. The Hall–Kier alpha value is -0.720. The van der Waals surface area contributed by atoms with E-state index in [0.717, 1.165) is 22.3 Å². The lowest BCUT2D eigenvalue weighted by Gasteiger charge is -2.12. The van der Waals surface area contributed by atoms with Crippen LogP contribution >= 0.6 is 27.3 Å². The van der Waals surface area contributed by atoms with E-state index in [1.807, 2.05) is 30.3 Å². The number of benzene rings is 1. The Bertz CT molecular complexity index is 518. The van der Waals surface area contributed by atoms with E-state index in [1.54, 1.807) is 11.3 Å². The van der Waals surface area contributed by atoms with Gasteiger partial charge in [0, 0.05) is 18.0 Å². The van der Waals surface area contributed by atoms with E-state index in [4.69, 9.17) is 4.74 Å². The zero-order valence-electron chi connectivity index (χ0n) is 11.8.